The van der Waals surface area contributed by atoms with Gasteiger partial charge in [0.2, 0.25) is 0 Å². The van der Waals surface area contributed by atoms with Gasteiger partial charge in [0.25, 0.3) is 0 Å². The predicted molar refractivity (Wildman–Crippen MR) is 125 cm³/mol. The topological polar surface area (TPSA) is 60.5 Å². The number of aliphatic hydroxyl groups excluding tert-OH is 1. The van der Waals surface area contributed by atoms with Crippen LogP contribution in [0.15, 0.2) is 72.8 Å². The number of anilines is 1. The number of H-pyrrole nitrogens is 1. The number of para-hydroxylation sites is 1. The van der Waals surface area contributed by atoms with E-state index in [0.717, 1.165) is 45.0 Å². The van der Waals surface area contributed by atoms with Crippen LogP contribution in [0, 0.1) is 0 Å². The minimum absolute atomic E-state index is 0.146. The van der Waals surface area contributed by atoms with Crippen LogP contribution in [0.3, 0.4) is 0 Å². The number of rotatable bonds is 5. The minimum atomic E-state index is -0.849. The van der Waals surface area contributed by atoms with Crippen LogP contribution in [-0.2, 0) is 6.42 Å². The molecule has 3 aromatic carbocycles. The number of ether oxygens (including phenoxy) is 1. The van der Waals surface area contributed by atoms with Crippen LogP contribution < -0.4 is 10.1 Å². The van der Waals surface area contributed by atoms with Crippen LogP contribution >= 0.6 is 11.6 Å². The van der Waals surface area contributed by atoms with Crippen molar-refractivity contribution in [3.05, 3.63) is 94.6 Å². The van der Waals surface area contributed by atoms with Crippen LogP contribution in [0.2, 0.25) is 5.02 Å². The van der Waals surface area contributed by atoms with Crippen molar-refractivity contribution in [1.29, 1.82) is 0 Å². The minimum Gasteiger partial charge on any atom is -0.497 e. The second-order valence-electron chi connectivity index (χ2n) is 7.75. The standard InChI is InChI=1S/C25H24ClN3O2/c1-31-19-10-7-16(8-11-19)24-23-20(21-15-17(26)9-12-22(21)28-23)13-14-29(24)25(30)27-18-5-3-2-4-6-18/h2-12,15,24-25,27-28,30H,13-14H2,1H3. The Labute approximate surface area is 186 Å². The number of hydrogen-bond donors (Lipinski definition) is 3. The number of aromatic nitrogens is 1. The zero-order valence-electron chi connectivity index (χ0n) is 17.2. The number of nitrogens with zero attached hydrogens (tertiary/aromatic N) is 1. The fourth-order valence-electron chi connectivity index (χ4n) is 4.45. The molecular weight excluding hydrogens is 410 g/mol. The van der Waals surface area contributed by atoms with Crippen molar-refractivity contribution in [2.75, 3.05) is 19.0 Å². The summed E-state index contributed by atoms with van der Waals surface area (Å²) in [4.78, 5) is 5.68. The number of methoxy groups -OCH3 is 1. The first-order valence-electron chi connectivity index (χ1n) is 10.3. The van der Waals surface area contributed by atoms with Gasteiger partial charge < -0.3 is 20.1 Å². The number of halogens is 1. The van der Waals surface area contributed by atoms with E-state index in [1.165, 1.54) is 5.56 Å². The van der Waals surface area contributed by atoms with Gasteiger partial charge in [-0.15, -0.1) is 0 Å². The van der Waals surface area contributed by atoms with E-state index in [-0.39, 0.29) is 6.04 Å². The quantitative estimate of drug-likeness (QED) is 0.380. The van der Waals surface area contributed by atoms with E-state index in [2.05, 4.69) is 27.3 Å². The molecule has 0 aliphatic carbocycles. The Kier molecular flexibility index (Phi) is 5.32. The van der Waals surface area contributed by atoms with Crippen molar-refractivity contribution in [1.82, 2.24) is 9.88 Å². The van der Waals surface area contributed by atoms with Crippen molar-refractivity contribution < 1.29 is 9.84 Å². The molecule has 1 aromatic heterocycles. The third kappa shape index (κ3) is 3.76. The monoisotopic (exact) mass is 433 g/mol. The number of aliphatic hydroxyl groups is 1. The van der Waals surface area contributed by atoms with Crippen LogP contribution in [0.4, 0.5) is 5.69 Å². The summed E-state index contributed by atoms with van der Waals surface area (Å²) in [7, 11) is 1.66. The van der Waals surface area contributed by atoms with Crippen LogP contribution in [0.25, 0.3) is 10.9 Å². The van der Waals surface area contributed by atoms with Gasteiger partial charge in [-0.05, 0) is 60.0 Å². The average molecular weight is 434 g/mol. The van der Waals surface area contributed by atoms with Gasteiger partial charge in [0, 0.05) is 33.9 Å². The Morgan fingerprint density at radius 1 is 1.10 bits per heavy atom. The van der Waals surface area contributed by atoms with Crippen molar-refractivity contribution in [2.45, 2.75) is 18.8 Å². The van der Waals surface area contributed by atoms with Crippen molar-refractivity contribution in [3.8, 4) is 5.75 Å². The molecule has 0 bridgehead atoms. The number of hydrogen-bond acceptors (Lipinski definition) is 4. The highest BCUT2D eigenvalue weighted by Gasteiger charge is 2.35. The number of nitrogens with one attached hydrogen (secondary N) is 2. The summed E-state index contributed by atoms with van der Waals surface area (Å²) < 4.78 is 5.34. The Morgan fingerprint density at radius 3 is 2.61 bits per heavy atom. The Bertz CT molecular complexity index is 1190. The first-order valence-corrected chi connectivity index (χ1v) is 10.7. The fourth-order valence-corrected chi connectivity index (χ4v) is 4.63. The summed E-state index contributed by atoms with van der Waals surface area (Å²) in [6.45, 7) is 0.699. The second-order valence-corrected chi connectivity index (χ2v) is 8.19. The highest BCUT2D eigenvalue weighted by molar-refractivity contribution is 6.31. The summed E-state index contributed by atoms with van der Waals surface area (Å²) >= 11 is 6.29. The molecule has 5 rings (SSSR count). The molecule has 1 aliphatic rings. The molecule has 2 heterocycles. The van der Waals surface area contributed by atoms with Crippen molar-refractivity contribution >= 4 is 28.2 Å². The maximum absolute atomic E-state index is 11.2. The lowest BCUT2D eigenvalue weighted by atomic mass is 9.92. The van der Waals surface area contributed by atoms with Gasteiger partial charge in [0.05, 0.1) is 13.2 Å². The van der Waals surface area contributed by atoms with Gasteiger partial charge in [0.1, 0.15) is 5.75 Å². The zero-order valence-corrected chi connectivity index (χ0v) is 17.9. The Hall–Kier alpha value is -2.99. The van der Waals surface area contributed by atoms with Crippen LogP contribution in [0.1, 0.15) is 22.9 Å². The zero-order chi connectivity index (χ0) is 21.4. The van der Waals surface area contributed by atoms with Gasteiger partial charge in [-0.1, -0.05) is 41.9 Å². The molecular formula is C25H24ClN3O2. The molecule has 0 radical (unpaired) electrons. The fraction of sp³-hybridized carbons (Fsp3) is 0.200. The molecule has 0 spiro atoms. The van der Waals surface area contributed by atoms with E-state index < -0.39 is 6.35 Å². The van der Waals surface area contributed by atoms with Gasteiger partial charge in [-0.2, -0.15) is 0 Å². The normalized spacial score (nSPS) is 17.3. The molecule has 3 N–H and O–H groups in total. The van der Waals surface area contributed by atoms with Gasteiger partial charge in [0.15, 0.2) is 6.35 Å². The summed E-state index contributed by atoms with van der Waals surface area (Å²) in [6, 6.07) is 23.6. The smallest absolute Gasteiger partial charge is 0.184 e. The lowest BCUT2D eigenvalue weighted by Gasteiger charge is -2.39. The molecule has 0 amide bonds. The Balaban J connectivity index is 1.58. The molecule has 6 heteroatoms. The third-order valence-corrected chi connectivity index (χ3v) is 6.18. The van der Waals surface area contributed by atoms with Crippen molar-refractivity contribution in [2.24, 2.45) is 0 Å². The van der Waals surface area contributed by atoms with Crippen molar-refractivity contribution in [3.63, 3.8) is 0 Å². The molecule has 2 atom stereocenters. The molecule has 158 valence electrons. The van der Waals surface area contributed by atoms with E-state index in [9.17, 15) is 5.11 Å². The lowest BCUT2D eigenvalue weighted by Crippen LogP contribution is -2.47. The number of fused-ring (bicyclic) bond motifs is 3. The number of aromatic amines is 1. The first kappa shape index (κ1) is 19.9. The molecule has 0 fully saturated rings. The SMILES string of the molecule is COc1ccc(C2c3[nH]c4ccc(Cl)cc4c3CCN2C(O)Nc2ccccc2)cc1. The van der Waals surface area contributed by atoms with Gasteiger partial charge in [-0.3, -0.25) is 0 Å². The summed E-state index contributed by atoms with van der Waals surface area (Å²) in [5, 5.41) is 16.3. The lowest BCUT2D eigenvalue weighted by molar-refractivity contribution is -0.000219. The average Bonchev–Trinajstić information content (AvgIpc) is 3.17. The predicted octanol–water partition coefficient (Wildman–Crippen LogP) is 5.17. The second kappa shape index (κ2) is 8.27. The highest BCUT2D eigenvalue weighted by Crippen LogP contribution is 2.40. The van der Waals surface area contributed by atoms with E-state index in [1.54, 1.807) is 7.11 Å². The Morgan fingerprint density at radius 2 is 1.87 bits per heavy atom. The molecule has 31 heavy (non-hydrogen) atoms. The number of benzene rings is 3. The first-order chi connectivity index (χ1) is 15.1. The summed E-state index contributed by atoms with van der Waals surface area (Å²) in [5.41, 5.74) is 5.34. The highest BCUT2D eigenvalue weighted by atomic mass is 35.5. The summed E-state index contributed by atoms with van der Waals surface area (Å²) in [5.74, 6) is 0.803. The van der Waals surface area contributed by atoms with Gasteiger partial charge in [-0.25, -0.2) is 4.90 Å². The molecule has 0 saturated heterocycles. The van der Waals surface area contributed by atoms with E-state index in [1.807, 2.05) is 60.7 Å². The largest absolute Gasteiger partial charge is 0.497 e. The molecule has 2 unspecified atom stereocenters. The van der Waals surface area contributed by atoms with E-state index >= 15 is 0 Å². The molecule has 5 nitrogen and oxygen atoms in total. The van der Waals surface area contributed by atoms with E-state index in [4.69, 9.17) is 16.3 Å². The summed E-state index contributed by atoms with van der Waals surface area (Å²) in [6.07, 6.45) is -0.0341. The maximum atomic E-state index is 11.2. The van der Waals surface area contributed by atoms with Gasteiger partial charge >= 0.3 is 0 Å². The molecule has 0 saturated carbocycles. The maximum Gasteiger partial charge on any atom is 0.184 e. The van der Waals surface area contributed by atoms with E-state index in [0.29, 0.717) is 6.54 Å². The van der Waals surface area contributed by atoms with Crippen LogP contribution in [-0.4, -0.2) is 35.0 Å². The third-order valence-electron chi connectivity index (χ3n) is 5.94. The molecule has 4 aromatic rings. The molecule has 1 aliphatic heterocycles. The van der Waals surface area contributed by atoms with Crippen LogP contribution in [0.5, 0.6) is 5.75 Å².